The lowest BCUT2D eigenvalue weighted by Gasteiger charge is -2.29. The van der Waals surface area contributed by atoms with Crippen molar-refractivity contribution in [2.24, 2.45) is 0 Å². The van der Waals surface area contributed by atoms with E-state index in [4.69, 9.17) is 18.9 Å². The van der Waals surface area contributed by atoms with E-state index >= 15 is 0 Å². The molecular formula is C31H36O8. The smallest absolute Gasteiger partial charge is 0.342 e. The fourth-order valence-corrected chi connectivity index (χ4v) is 5.11. The van der Waals surface area contributed by atoms with Crippen LogP contribution in [0.25, 0.3) is 6.08 Å². The van der Waals surface area contributed by atoms with Crippen LogP contribution in [0.5, 0.6) is 23.0 Å². The number of cyclic esters (lactones) is 1. The van der Waals surface area contributed by atoms with Gasteiger partial charge in [0, 0.05) is 29.9 Å². The van der Waals surface area contributed by atoms with Gasteiger partial charge in [-0.15, -0.1) is 0 Å². The summed E-state index contributed by atoms with van der Waals surface area (Å²) in [5, 5.41) is 11.7. The van der Waals surface area contributed by atoms with Gasteiger partial charge in [-0.05, 0) is 64.2 Å². The number of rotatable bonds is 4. The second-order valence-electron chi connectivity index (χ2n) is 10.3. The number of allylic oxidation sites excluding steroid dienone is 1. The van der Waals surface area contributed by atoms with E-state index in [0.717, 1.165) is 0 Å². The molecule has 1 N–H and O–H groups in total. The Labute approximate surface area is 228 Å². The first kappa shape index (κ1) is 28.2. The van der Waals surface area contributed by atoms with E-state index in [1.807, 2.05) is 26.0 Å². The van der Waals surface area contributed by atoms with Gasteiger partial charge in [-0.1, -0.05) is 24.3 Å². The monoisotopic (exact) mass is 536 g/mol. The lowest BCUT2D eigenvalue weighted by molar-refractivity contribution is -0.135. The number of carbonyl (C=O) groups is 3. The Hall–Kier alpha value is -3.81. The maximum atomic E-state index is 13.4. The van der Waals surface area contributed by atoms with Crippen LogP contribution in [0.1, 0.15) is 98.7 Å². The largest absolute Gasteiger partial charge is 0.507 e. The average molecular weight is 537 g/mol. The molecule has 8 heteroatoms. The fraction of sp³-hybridized carbons (Fsp3) is 0.452. The van der Waals surface area contributed by atoms with Crippen LogP contribution >= 0.6 is 0 Å². The highest BCUT2D eigenvalue weighted by Crippen LogP contribution is 2.50. The van der Waals surface area contributed by atoms with Crippen molar-refractivity contribution in [3.8, 4) is 23.0 Å². The quantitative estimate of drug-likeness (QED) is 0.368. The molecule has 2 atom stereocenters. The highest BCUT2D eigenvalue weighted by atomic mass is 16.5. The summed E-state index contributed by atoms with van der Waals surface area (Å²) in [6.45, 7) is 5.55. The first-order valence-corrected chi connectivity index (χ1v) is 13.5. The molecule has 8 nitrogen and oxygen atoms in total. The van der Waals surface area contributed by atoms with E-state index in [1.165, 1.54) is 7.11 Å². The van der Waals surface area contributed by atoms with Crippen molar-refractivity contribution in [2.45, 2.75) is 83.8 Å². The molecule has 2 aliphatic rings. The number of aromatic hydroxyl groups is 1. The van der Waals surface area contributed by atoms with Crippen LogP contribution in [0.4, 0.5) is 0 Å². The summed E-state index contributed by atoms with van der Waals surface area (Å²) in [4.78, 5) is 38.3. The number of hydrogen-bond acceptors (Lipinski definition) is 8. The Morgan fingerprint density at radius 3 is 2.62 bits per heavy atom. The lowest BCUT2D eigenvalue weighted by Crippen LogP contribution is -2.24. The van der Waals surface area contributed by atoms with Gasteiger partial charge >= 0.3 is 11.9 Å². The van der Waals surface area contributed by atoms with Crippen molar-refractivity contribution < 1.29 is 38.4 Å². The van der Waals surface area contributed by atoms with Gasteiger partial charge in [0.15, 0.2) is 11.5 Å². The number of Topliss-reactive ketones (excluding diaryl/α,β-unsaturated/α-hetero) is 1. The molecule has 0 aromatic heterocycles. The van der Waals surface area contributed by atoms with Gasteiger partial charge in [0.25, 0.3) is 0 Å². The van der Waals surface area contributed by atoms with Gasteiger partial charge in [-0.3, -0.25) is 9.59 Å². The van der Waals surface area contributed by atoms with E-state index in [0.29, 0.717) is 66.7 Å². The summed E-state index contributed by atoms with van der Waals surface area (Å²) in [5.41, 5.74) is 1.35. The molecule has 208 valence electrons. The standard InChI is InChI=1S/C31H36O8/c1-18(2)37-30-22(14-9-15-24(30)36-4)23-17-26(33)39-25-16-20-11-6-5-7-12-21(32)13-8-10-19(3)38-31(35)27(20)29(34)28(23)25/h6,9,11,14-16,18-19,23,34H,5,7-8,10,12-13,17H2,1-4H3/t19-,23-/m0/s1. The van der Waals surface area contributed by atoms with Crippen LogP contribution in [-0.4, -0.2) is 42.1 Å². The molecule has 0 spiro atoms. The number of benzene rings is 2. The van der Waals surface area contributed by atoms with Crippen molar-refractivity contribution in [3.63, 3.8) is 0 Å². The number of phenols is 1. The maximum absolute atomic E-state index is 13.4. The van der Waals surface area contributed by atoms with Gasteiger partial charge in [0.2, 0.25) is 0 Å². The summed E-state index contributed by atoms with van der Waals surface area (Å²) in [6.07, 6.45) is 6.28. The second-order valence-corrected chi connectivity index (χ2v) is 10.3. The van der Waals surface area contributed by atoms with Gasteiger partial charge < -0.3 is 24.1 Å². The number of esters is 2. The molecule has 39 heavy (non-hydrogen) atoms. The van der Waals surface area contributed by atoms with Gasteiger partial charge in [-0.2, -0.15) is 0 Å². The van der Waals surface area contributed by atoms with Gasteiger partial charge in [0.1, 0.15) is 22.8 Å². The van der Waals surface area contributed by atoms with Crippen LogP contribution in [0.2, 0.25) is 0 Å². The van der Waals surface area contributed by atoms with Crippen LogP contribution in [0, 0.1) is 0 Å². The Morgan fingerprint density at radius 1 is 1.10 bits per heavy atom. The summed E-state index contributed by atoms with van der Waals surface area (Å²) in [6, 6.07) is 6.97. The predicted molar refractivity (Wildman–Crippen MR) is 146 cm³/mol. The second kappa shape index (κ2) is 12.4. The van der Waals surface area contributed by atoms with Crippen LogP contribution in [0.3, 0.4) is 0 Å². The minimum atomic E-state index is -0.675. The number of methoxy groups -OCH3 is 1. The summed E-state index contributed by atoms with van der Waals surface area (Å²) in [7, 11) is 1.54. The molecular weight excluding hydrogens is 500 g/mol. The van der Waals surface area contributed by atoms with Gasteiger partial charge in [-0.25, -0.2) is 4.79 Å². The molecule has 0 fully saturated rings. The van der Waals surface area contributed by atoms with E-state index in [2.05, 4.69) is 0 Å². The molecule has 2 aromatic carbocycles. The number of fused-ring (bicyclic) bond motifs is 2. The molecule has 0 radical (unpaired) electrons. The van der Waals surface area contributed by atoms with Crippen LogP contribution in [-0.2, 0) is 14.3 Å². The maximum Gasteiger partial charge on any atom is 0.342 e. The molecule has 0 saturated carbocycles. The zero-order valence-electron chi connectivity index (χ0n) is 23.0. The minimum Gasteiger partial charge on any atom is -0.507 e. The Bertz CT molecular complexity index is 1280. The minimum absolute atomic E-state index is 0.0159. The zero-order valence-corrected chi connectivity index (χ0v) is 23.0. The molecule has 4 rings (SSSR count). The van der Waals surface area contributed by atoms with E-state index in [1.54, 1.807) is 31.2 Å². The number of phenolic OH excluding ortho intramolecular Hbond substituents is 1. The molecule has 0 amide bonds. The molecule has 0 bridgehead atoms. The highest BCUT2D eigenvalue weighted by molar-refractivity contribution is 5.98. The summed E-state index contributed by atoms with van der Waals surface area (Å²) in [5.74, 6) is -0.753. The third-order valence-electron chi connectivity index (χ3n) is 6.94. The zero-order chi connectivity index (χ0) is 28.1. The molecule has 2 aromatic rings. The van der Waals surface area contributed by atoms with Crippen LogP contribution in [0.15, 0.2) is 30.3 Å². The third kappa shape index (κ3) is 6.44. The molecule has 0 unspecified atom stereocenters. The Morgan fingerprint density at radius 2 is 1.87 bits per heavy atom. The van der Waals surface area contributed by atoms with E-state index in [9.17, 15) is 19.5 Å². The number of hydrogen-bond donors (Lipinski definition) is 1. The van der Waals surface area contributed by atoms with E-state index < -0.39 is 24.0 Å². The summed E-state index contributed by atoms with van der Waals surface area (Å²) < 4.78 is 22.9. The van der Waals surface area contributed by atoms with Crippen molar-refractivity contribution in [1.29, 1.82) is 0 Å². The SMILES string of the molecule is COc1cccc([C@@H]2CC(=O)Oc3cc4c(c(O)c32)C(=O)O[C@@H](C)CCCC(=O)CCCC=C4)c1OC(C)C. The van der Waals surface area contributed by atoms with Gasteiger partial charge in [0.05, 0.1) is 25.7 Å². The topological polar surface area (TPSA) is 108 Å². The Kier molecular flexibility index (Phi) is 8.94. The molecule has 0 saturated heterocycles. The normalized spacial score (nSPS) is 20.4. The number of para-hydroxylation sites is 1. The van der Waals surface area contributed by atoms with E-state index in [-0.39, 0.29) is 35.4 Å². The van der Waals surface area contributed by atoms with Crippen molar-refractivity contribution in [1.82, 2.24) is 0 Å². The van der Waals surface area contributed by atoms with Crippen molar-refractivity contribution in [3.05, 3.63) is 52.6 Å². The highest BCUT2D eigenvalue weighted by Gasteiger charge is 2.37. The predicted octanol–water partition coefficient (Wildman–Crippen LogP) is 6.11. The van der Waals surface area contributed by atoms with Crippen LogP contribution < -0.4 is 14.2 Å². The van der Waals surface area contributed by atoms with Crippen molar-refractivity contribution in [2.75, 3.05) is 7.11 Å². The summed E-state index contributed by atoms with van der Waals surface area (Å²) >= 11 is 0. The number of ketones is 1. The lowest BCUT2D eigenvalue weighted by atomic mass is 9.83. The number of carbonyl (C=O) groups excluding carboxylic acids is 3. The molecule has 0 aliphatic carbocycles. The molecule has 2 aliphatic heterocycles. The number of ether oxygens (including phenoxy) is 4. The molecule has 2 heterocycles. The first-order chi connectivity index (χ1) is 18.7. The Balaban J connectivity index is 1.87. The average Bonchev–Trinajstić information content (AvgIpc) is 2.87. The first-order valence-electron chi connectivity index (χ1n) is 13.5. The third-order valence-corrected chi connectivity index (χ3v) is 6.94. The fourth-order valence-electron chi connectivity index (χ4n) is 5.11. The van der Waals surface area contributed by atoms with Crippen molar-refractivity contribution >= 4 is 23.8 Å².